The minimum atomic E-state index is -0.125. The summed E-state index contributed by atoms with van der Waals surface area (Å²) in [5.74, 6) is 0.0559. The van der Waals surface area contributed by atoms with Gasteiger partial charge in [-0.2, -0.15) is 5.26 Å². The minimum Gasteiger partial charge on any atom is -0.340 e. The number of rotatable bonds is 3. The topological polar surface area (TPSA) is 72.8 Å². The largest absolute Gasteiger partial charge is 0.340 e. The van der Waals surface area contributed by atoms with Crippen LogP contribution >= 0.6 is 23.1 Å². The maximum atomic E-state index is 12.4. The van der Waals surface area contributed by atoms with E-state index in [0.29, 0.717) is 12.1 Å². The van der Waals surface area contributed by atoms with Crippen molar-refractivity contribution < 1.29 is 4.79 Å². The summed E-state index contributed by atoms with van der Waals surface area (Å²) in [6, 6.07) is 3.87. The van der Waals surface area contributed by atoms with Crippen molar-refractivity contribution in [1.82, 2.24) is 9.97 Å². The molecule has 96 valence electrons. The maximum Gasteiger partial charge on any atom is 0.241 e. The molecular formula is C12H10N4OS2. The first-order valence-electron chi connectivity index (χ1n) is 5.74. The zero-order chi connectivity index (χ0) is 13.2. The van der Waals surface area contributed by atoms with Crippen LogP contribution < -0.4 is 4.90 Å². The second-order valence-electron chi connectivity index (χ2n) is 4.03. The Morgan fingerprint density at radius 1 is 1.63 bits per heavy atom. The van der Waals surface area contributed by atoms with Crippen molar-refractivity contribution in [3.05, 3.63) is 29.4 Å². The lowest BCUT2D eigenvalue weighted by Gasteiger charge is -2.14. The van der Waals surface area contributed by atoms with Gasteiger partial charge in [0.15, 0.2) is 5.16 Å². The number of hydrogen-bond donors (Lipinski definition) is 1. The number of aromatic nitrogens is 2. The molecule has 3 rings (SSSR count). The predicted octanol–water partition coefficient (Wildman–Crippen LogP) is 2.24. The smallest absolute Gasteiger partial charge is 0.241 e. The summed E-state index contributed by atoms with van der Waals surface area (Å²) in [4.78, 5) is 21.2. The number of thiophene rings is 1. The van der Waals surface area contributed by atoms with Crippen LogP contribution in [-0.2, 0) is 4.79 Å². The summed E-state index contributed by atoms with van der Waals surface area (Å²) in [6.07, 6.45) is 4.19. The molecule has 0 radical (unpaired) electrons. The Bertz CT molecular complexity index is 628. The average molecular weight is 290 g/mol. The molecule has 1 aliphatic heterocycles. The van der Waals surface area contributed by atoms with Crippen LogP contribution in [0, 0.1) is 11.3 Å². The van der Waals surface area contributed by atoms with Gasteiger partial charge in [0.25, 0.3) is 0 Å². The molecule has 1 atom stereocenters. The van der Waals surface area contributed by atoms with E-state index in [2.05, 4.69) is 16.0 Å². The number of carbonyl (C=O) groups excluding carboxylic acids is 1. The van der Waals surface area contributed by atoms with Gasteiger partial charge in [0, 0.05) is 18.9 Å². The molecule has 1 unspecified atom stereocenters. The van der Waals surface area contributed by atoms with Gasteiger partial charge in [0.2, 0.25) is 5.91 Å². The van der Waals surface area contributed by atoms with Gasteiger partial charge in [0.05, 0.1) is 10.8 Å². The highest BCUT2D eigenvalue weighted by Gasteiger charge is 2.35. The molecule has 19 heavy (non-hydrogen) atoms. The first kappa shape index (κ1) is 12.3. The van der Waals surface area contributed by atoms with Crippen molar-refractivity contribution in [3.63, 3.8) is 0 Å². The number of imidazole rings is 1. The van der Waals surface area contributed by atoms with Gasteiger partial charge in [0.1, 0.15) is 11.1 Å². The van der Waals surface area contributed by atoms with Crippen LogP contribution in [0.5, 0.6) is 0 Å². The summed E-state index contributed by atoms with van der Waals surface area (Å²) in [5.41, 5.74) is 0.571. The normalized spacial score (nSPS) is 18.8. The molecule has 0 aromatic carbocycles. The molecule has 0 aliphatic carbocycles. The van der Waals surface area contributed by atoms with E-state index >= 15 is 0 Å². The van der Waals surface area contributed by atoms with E-state index in [1.165, 1.54) is 23.1 Å². The maximum absolute atomic E-state index is 12.4. The Balaban J connectivity index is 1.77. The van der Waals surface area contributed by atoms with Gasteiger partial charge in [-0.05, 0) is 17.9 Å². The molecular weight excluding hydrogens is 280 g/mol. The molecule has 0 spiro atoms. The number of nitriles is 1. The van der Waals surface area contributed by atoms with E-state index in [9.17, 15) is 4.79 Å². The van der Waals surface area contributed by atoms with Gasteiger partial charge < -0.3 is 9.88 Å². The van der Waals surface area contributed by atoms with Crippen molar-refractivity contribution in [2.45, 2.75) is 16.8 Å². The summed E-state index contributed by atoms with van der Waals surface area (Å²) in [7, 11) is 0. The van der Waals surface area contributed by atoms with E-state index < -0.39 is 0 Å². The average Bonchev–Trinajstić information content (AvgIpc) is 3.12. The molecule has 1 saturated heterocycles. The SMILES string of the molecule is N#Cc1ccsc1N1CCC(Sc2ncc[nH]2)C1=O. The standard InChI is InChI=1S/C12H10N4OS2/c13-7-8-2-6-18-11(8)16-5-1-9(10(16)17)19-12-14-3-4-15-12/h2-4,6,9H,1,5H2,(H,14,15). The van der Waals surface area contributed by atoms with E-state index in [1.807, 2.05) is 5.38 Å². The van der Waals surface area contributed by atoms with Crippen molar-refractivity contribution in [2.24, 2.45) is 0 Å². The van der Waals surface area contributed by atoms with Crippen molar-refractivity contribution >= 4 is 34.0 Å². The third kappa shape index (κ3) is 2.25. The zero-order valence-corrected chi connectivity index (χ0v) is 11.5. The first-order chi connectivity index (χ1) is 9.29. The highest BCUT2D eigenvalue weighted by Crippen LogP contribution is 2.35. The monoisotopic (exact) mass is 290 g/mol. The quantitative estimate of drug-likeness (QED) is 0.941. The van der Waals surface area contributed by atoms with E-state index in [1.54, 1.807) is 23.4 Å². The number of H-pyrrole nitrogens is 1. The van der Waals surface area contributed by atoms with Crippen LogP contribution in [0.2, 0.25) is 0 Å². The number of nitrogens with zero attached hydrogens (tertiary/aromatic N) is 3. The van der Waals surface area contributed by atoms with Gasteiger partial charge in [-0.1, -0.05) is 11.8 Å². The van der Waals surface area contributed by atoms with Crippen LogP contribution in [0.3, 0.4) is 0 Å². The highest BCUT2D eigenvalue weighted by molar-refractivity contribution is 8.00. The lowest BCUT2D eigenvalue weighted by atomic mass is 10.3. The third-order valence-electron chi connectivity index (χ3n) is 2.89. The molecule has 2 aromatic heterocycles. The lowest BCUT2D eigenvalue weighted by Crippen LogP contribution is -2.27. The summed E-state index contributed by atoms with van der Waals surface area (Å²) in [6.45, 7) is 0.659. The van der Waals surface area contributed by atoms with Gasteiger partial charge in [-0.25, -0.2) is 4.98 Å². The molecule has 1 N–H and O–H groups in total. The molecule has 7 heteroatoms. The van der Waals surface area contributed by atoms with Gasteiger partial charge >= 0.3 is 0 Å². The summed E-state index contributed by atoms with van der Waals surface area (Å²) < 4.78 is 0. The Morgan fingerprint density at radius 2 is 2.53 bits per heavy atom. The van der Waals surface area contributed by atoms with Crippen LogP contribution in [0.4, 0.5) is 5.00 Å². The van der Waals surface area contributed by atoms with Crippen LogP contribution in [0.1, 0.15) is 12.0 Å². The minimum absolute atomic E-state index is 0.0559. The zero-order valence-electron chi connectivity index (χ0n) is 9.87. The molecule has 1 aliphatic rings. The molecule has 3 heterocycles. The van der Waals surface area contributed by atoms with Crippen LogP contribution in [0.25, 0.3) is 0 Å². The Hall–Kier alpha value is -1.78. The van der Waals surface area contributed by atoms with Crippen molar-refractivity contribution in [2.75, 3.05) is 11.4 Å². The molecule has 1 fully saturated rings. The molecule has 0 saturated carbocycles. The Kier molecular flexibility index (Phi) is 3.27. The summed E-state index contributed by atoms with van der Waals surface area (Å²) >= 11 is 2.88. The van der Waals surface area contributed by atoms with E-state index in [-0.39, 0.29) is 11.2 Å². The summed E-state index contributed by atoms with van der Waals surface area (Å²) in [5, 5.41) is 12.3. The number of amides is 1. The Morgan fingerprint density at radius 3 is 3.26 bits per heavy atom. The molecule has 5 nitrogen and oxygen atoms in total. The number of aromatic amines is 1. The van der Waals surface area contributed by atoms with Crippen molar-refractivity contribution in [1.29, 1.82) is 5.26 Å². The predicted molar refractivity (Wildman–Crippen MR) is 74.2 cm³/mol. The number of carbonyl (C=O) groups is 1. The van der Waals surface area contributed by atoms with Crippen molar-refractivity contribution in [3.8, 4) is 6.07 Å². The highest BCUT2D eigenvalue weighted by atomic mass is 32.2. The van der Waals surface area contributed by atoms with Gasteiger partial charge in [-0.3, -0.25) is 4.79 Å². The second-order valence-corrected chi connectivity index (χ2v) is 6.12. The lowest BCUT2D eigenvalue weighted by molar-refractivity contribution is -0.116. The van der Waals surface area contributed by atoms with Crippen LogP contribution in [0.15, 0.2) is 29.0 Å². The third-order valence-corrected chi connectivity index (χ3v) is 5.00. The molecule has 1 amide bonds. The second kappa shape index (κ2) is 5.07. The Labute approximate surface area is 118 Å². The first-order valence-corrected chi connectivity index (χ1v) is 7.50. The molecule has 0 bridgehead atoms. The number of anilines is 1. The fourth-order valence-corrected chi connectivity index (χ4v) is 3.87. The fraction of sp³-hybridized carbons (Fsp3) is 0.250. The number of thioether (sulfide) groups is 1. The van der Waals surface area contributed by atoms with E-state index in [4.69, 9.17) is 5.26 Å². The van der Waals surface area contributed by atoms with Gasteiger partial charge in [-0.15, -0.1) is 11.3 Å². The number of hydrogen-bond acceptors (Lipinski definition) is 5. The number of nitrogens with one attached hydrogen (secondary N) is 1. The molecule has 2 aromatic rings. The van der Waals surface area contributed by atoms with E-state index in [0.717, 1.165) is 16.6 Å². The van der Waals surface area contributed by atoms with Crippen LogP contribution in [-0.4, -0.2) is 27.7 Å². The fourth-order valence-electron chi connectivity index (χ4n) is 2.01.